The van der Waals surface area contributed by atoms with Gasteiger partial charge < -0.3 is 20.2 Å². The van der Waals surface area contributed by atoms with Gasteiger partial charge >= 0.3 is 0 Å². The zero-order chi connectivity index (χ0) is 38.1. The quantitative estimate of drug-likeness (QED) is 0.0639. The molecule has 5 aromatic rings. The third kappa shape index (κ3) is 5.60. The third-order valence-electron chi connectivity index (χ3n) is 10.5. The fourth-order valence-electron chi connectivity index (χ4n) is 8.59. The Morgan fingerprint density at radius 3 is 1.65 bits per heavy atom. The first-order chi connectivity index (χ1) is 26.4. The van der Waals surface area contributed by atoms with E-state index in [-0.39, 0.29) is 34.1 Å². The molecule has 0 saturated carbocycles. The Balaban J connectivity index is 1.66. The number of hydrogen-bond donors (Lipinski definition) is 2. The molecule has 2 aliphatic carbocycles. The molecule has 2 aliphatic rings. The summed E-state index contributed by atoms with van der Waals surface area (Å²) in [6.07, 6.45) is 3.71. The van der Waals surface area contributed by atoms with Crippen LogP contribution in [-0.4, -0.2) is 46.7 Å². The van der Waals surface area contributed by atoms with Crippen molar-refractivity contribution in [2.24, 2.45) is 0 Å². The van der Waals surface area contributed by atoms with Crippen LogP contribution in [0.15, 0.2) is 108 Å². The van der Waals surface area contributed by atoms with E-state index >= 15 is 5.11 Å². The molecular formula is C47H44N4O3. The van der Waals surface area contributed by atoms with E-state index in [0.29, 0.717) is 27.5 Å². The van der Waals surface area contributed by atoms with Crippen molar-refractivity contribution in [3.05, 3.63) is 147 Å². The molecule has 0 radical (unpaired) electrons. The predicted molar refractivity (Wildman–Crippen MR) is 216 cm³/mol. The van der Waals surface area contributed by atoms with Gasteiger partial charge in [-0.05, 0) is 65.0 Å². The van der Waals surface area contributed by atoms with Crippen LogP contribution in [0.25, 0.3) is 37.5 Å². The van der Waals surface area contributed by atoms with Gasteiger partial charge in [0.1, 0.15) is 24.6 Å². The molecule has 7 heteroatoms. The Morgan fingerprint density at radius 2 is 1.20 bits per heavy atom. The second-order valence-corrected chi connectivity index (χ2v) is 13.9. The minimum Gasteiger partial charge on any atom is -0.872 e. The van der Waals surface area contributed by atoms with E-state index in [1.165, 1.54) is 0 Å². The molecule has 2 N–H and O–H groups in total. The summed E-state index contributed by atoms with van der Waals surface area (Å²) in [5, 5.41) is 51.5. The molecule has 0 unspecified atom stereocenters. The summed E-state index contributed by atoms with van der Waals surface area (Å²) < 4.78 is 2.42. The zero-order valence-electron chi connectivity index (χ0n) is 31.3. The van der Waals surface area contributed by atoms with Crippen LogP contribution in [0.2, 0.25) is 0 Å². The Hall–Kier alpha value is -6.31. The van der Waals surface area contributed by atoms with Crippen molar-refractivity contribution < 1.29 is 19.9 Å². The molecule has 0 bridgehead atoms. The largest absolute Gasteiger partial charge is 0.872 e. The second kappa shape index (κ2) is 15.0. The number of fused-ring (bicyclic) bond motifs is 4. The average molecular weight is 713 g/mol. The molecule has 0 spiro atoms. The summed E-state index contributed by atoms with van der Waals surface area (Å²) in [4.78, 5) is 5.97. The fourth-order valence-corrected chi connectivity index (χ4v) is 8.59. The average Bonchev–Trinajstić information content (AvgIpc) is 3.18. The molecule has 0 aliphatic heterocycles. The first kappa shape index (κ1) is 36.1. The van der Waals surface area contributed by atoms with E-state index in [0.717, 1.165) is 96.3 Å². The highest BCUT2D eigenvalue weighted by Crippen LogP contribution is 2.57. The van der Waals surface area contributed by atoms with Gasteiger partial charge in [-0.25, -0.2) is 14.7 Å². The highest BCUT2D eigenvalue weighted by Gasteiger charge is 2.39. The van der Waals surface area contributed by atoms with Gasteiger partial charge in [0.15, 0.2) is 0 Å². The first-order valence-electron chi connectivity index (χ1n) is 19.0. The normalized spacial score (nSPS) is 14.4. The lowest BCUT2D eigenvalue weighted by molar-refractivity contribution is -0.527. The molecule has 0 fully saturated rings. The molecule has 0 heterocycles. The van der Waals surface area contributed by atoms with Crippen molar-refractivity contribution in [3.63, 3.8) is 0 Å². The van der Waals surface area contributed by atoms with E-state index in [2.05, 4.69) is 60.2 Å². The molecule has 0 saturated heterocycles. The summed E-state index contributed by atoms with van der Waals surface area (Å²) in [5.41, 5.74) is 7.13. The summed E-state index contributed by atoms with van der Waals surface area (Å²) in [6.45, 7) is 20.0. The van der Waals surface area contributed by atoms with Crippen LogP contribution in [0.5, 0.6) is 11.5 Å². The van der Waals surface area contributed by atoms with Gasteiger partial charge in [-0.1, -0.05) is 94.1 Å². The molecule has 54 heavy (non-hydrogen) atoms. The molecule has 5 aromatic carbocycles. The van der Waals surface area contributed by atoms with Crippen LogP contribution in [0.4, 0.5) is 5.69 Å². The van der Waals surface area contributed by atoms with Gasteiger partial charge in [-0.3, -0.25) is 0 Å². The van der Waals surface area contributed by atoms with Crippen molar-refractivity contribution in [2.45, 2.75) is 53.4 Å². The summed E-state index contributed by atoms with van der Waals surface area (Å²) in [6, 6.07) is 28.9. The summed E-state index contributed by atoms with van der Waals surface area (Å²) >= 11 is 0. The molecular weight excluding hydrogens is 669 g/mol. The lowest BCUT2D eigenvalue weighted by atomic mass is 9.69. The molecule has 0 aromatic heterocycles. The van der Waals surface area contributed by atoms with Crippen LogP contribution in [-0.2, 0) is 0 Å². The fraction of sp³-hybridized carbons (Fsp3) is 0.255. The van der Waals surface area contributed by atoms with Crippen molar-refractivity contribution in [3.8, 4) is 17.6 Å². The number of hydrogen-bond acceptors (Lipinski definition) is 5. The van der Waals surface area contributed by atoms with Crippen LogP contribution < -0.4 is 10.0 Å². The van der Waals surface area contributed by atoms with Crippen LogP contribution in [0.1, 0.15) is 81.2 Å². The Morgan fingerprint density at radius 1 is 0.704 bits per heavy atom. The van der Waals surface area contributed by atoms with E-state index in [1.54, 1.807) is 24.3 Å². The van der Waals surface area contributed by atoms with Crippen LogP contribution in [0.3, 0.4) is 0 Å². The molecule has 270 valence electrons. The smallest absolute Gasteiger partial charge is 0.270 e. The number of rotatable bonds is 10. The summed E-state index contributed by atoms with van der Waals surface area (Å²) in [7, 11) is 0. The molecule has 0 atom stereocenters. The van der Waals surface area contributed by atoms with Gasteiger partial charge in [0, 0.05) is 58.6 Å². The number of nitrogens with zero attached hydrogens (tertiary/aromatic N) is 4. The van der Waals surface area contributed by atoms with Crippen molar-refractivity contribution in [1.82, 2.24) is 0 Å². The van der Waals surface area contributed by atoms with E-state index in [1.807, 2.05) is 48.5 Å². The topological polar surface area (TPSA) is 97.9 Å². The van der Waals surface area contributed by atoms with Crippen molar-refractivity contribution >= 4 is 44.1 Å². The number of aromatic hydroxyl groups is 2. The standard InChI is InChI=1S/C47H44N4O3/c1-6-24-50(25-7-2)45-31-18-12-10-16-29(31)38(30-17-11-13-19-32(30)45)43-41(35(28-48)49-5)44(47(43)54)42-39-33(20-14-22-36(39)52)46(51(26-8-3)27-9-4)34-21-15-23-37(53)40(34)42/h10-23H,6-9,24-27H2,1-4H3,(H2-,52,53,54)/b41-35+. The second-order valence-electron chi connectivity index (χ2n) is 13.9. The minimum atomic E-state index is -0.343. The lowest BCUT2D eigenvalue weighted by Gasteiger charge is -2.41. The number of phenols is 2. The number of benzene rings is 5. The minimum absolute atomic E-state index is 0.0523. The maximum absolute atomic E-state index is 15.2. The lowest BCUT2D eigenvalue weighted by Crippen LogP contribution is -2.31. The van der Waals surface area contributed by atoms with Gasteiger partial charge in [-0.2, -0.15) is 0 Å². The van der Waals surface area contributed by atoms with Crippen LogP contribution >= 0.6 is 0 Å². The van der Waals surface area contributed by atoms with E-state index in [9.17, 15) is 15.5 Å². The van der Waals surface area contributed by atoms with E-state index < -0.39 is 0 Å². The van der Waals surface area contributed by atoms with Crippen molar-refractivity contribution in [1.29, 1.82) is 5.26 Å². The SMILES string of the molecule is [C-]#[N+]/C(C#N)=C1\C(=C2c3ccccc3C(=[N+](CCC)CCC)c3ccccc32)C([O-])=C1c1c2c(O)cccc2c(N(CCC)CCC)c2cccc(O)c12. The third-order valence-corrected chi connectivity index (χ3v) is 10.5. The Bertz CT molecular complexity index is 2410. The highest BCUT2D eigenvalue weighted by atomic mass is 16.3. The monoisotopic (exact) mass is 712 g/mol. The van der Waals surface area contributed by atoms with Crippen LogP contribution in [0, 0.1) is 17.9 Å². The maximum Gasteiger partial charge on any atom is 0.270 e. The number of allylic oxidation sites excluding steroid dienone is 3. The Labute approximate surface area is 317 Å². The van der Waals surface area contributed by atoms with Gasteiger partial charge in [0.2, 0.25) is 5.71 Å². The molecule has 0 amide bonds. The number of phenolic OH excluding ortho intramolecular Hbond substituents is 2. The van der Waals surface area contributed by atoms with E-state index in [4.69, 9.17) is 6.57 Å². The maximum atomic E-state index is 15.2. The first-order valence-corrected chi connectivity index (χ1v) is 19.0. The van der Waals surface area contributed by atoms with Crippen molar-refractivity contribution in [2.75, 3.05) is 31.1 Å². The number of nitriles is 1. The van der Waals surface area contributed by atoms with Gasteiger partial charge in [0.05, 0.1) is 29.5 Å². The van der Waals surface area contributed by atoms with Gasteiger partial charge in [-0.15, -0.1) is 0 Å². The zero-order valence-corrected chi connectivity index (χ0v) is 31.3. The highest BCUT2D eigenvalue weighted by molar-refractivity contribution is 6.26. The summed E-state index contributed by atoms with van der Waals surface area (Å²) in [5.74, 6) is -0.448. The number of anilines is 1. The molecule has 7 rings (SSSR count). The predicted octanol–water partition coefficient (Wildman–Crippen LogP) is 9.30. The Kier molecular flexibility index (Phi) is 10.00. The molecule has 7 nitrogen and oxygen atoms in total. The van der Waals surface area contributed by atoms with Gasteiger partial charge in [0.25, 0.3) is 5.70 Å².